The Bertz CT molecular complexity index is 2580. The van der Waals surface area contributed by atoms with Gasteiger partial charge in [0.2, 0.25) is 5.43 Å². The average molecular weight is 1130 g/mol. The molecule has 0 spiro atoms. The van der Waals surface area contributed by atoms with Gasteiger partial charge >= 0.3 is 18.1 Å². The van der Waals surface area contributed by atoms with Crippen molar-refractivity contribution in [2.75, 3.05) is 66.9 Å². The number of likely N-dealkylation sites (N-methyl/N-ethyl adjacent to an activating group) is 2. The summed E-state index contributed by atoms with van der Waals surface area (Å²) < 4.78 is 81.3. The van der Waals surface area contributed by atoms with E-state index in [2.05, 4.69) is 10.2 Å². The average Bonchev–Trinajstić information content (AvgIpc) is 4.21. The van der Waals surface area contributed by atoms with Gasteiger partial charge in [-0.1, -0.05) is 27.7 Å². The van der Waals surface area contributed by atoms with E-state index < -0.39 is 125 Å². The van der Waals surface area contributed by atoms with Crippen molar-refractivity contribution in [3.05, 3.63) is 39.9 Å². The molecule has 3 N–H and O–H groups in total. The number of Topliss-reactive ketones (excluding diaryl/α,β-unsaturated/α-hetero) is 1. The van der Waals surface area contributed by atoms with Crippen LogP contribution in [0.4, 0.5) is 14.9 Å². The highest BCUT2D eigenvalue weighted by Gasteiger charge is 2.60. The molecule has 1 aromatic carbocycles. The number of fused-ring (bicyclic) bond motifs is 2. The molecule has 2 aromatic rings. The molecule has 5 aliphatic rings. The fourth-order valence-electron chi connectivity index (χ4n) is 12.9. The van der Waals surface area contributed by atoms with Crippen molar-refractivity contribution in [3.8, 4) is 0 Å². The zero-order valence-electron chi connectivity index (χ0n) is 49.5. The number of carboxylic acid groups (broad SMARTS) is 1. The van der Waals surface area contributed by atoms with Crippen LogP contribution in [0.25, 0.3) is 10.9 Å². The number of halogens is 1. The van der Waals surface area contributed by atoms with Crippen LogP contribution in [-0.2, 0) is 57.0 Å². The number of hydrogen-bond donors (Lipinski definition) is 3. The number of nitrogens with zero attached hydrogens (tertiary/aromatic N) is 3. The first-order valence-electron chi connectivity index (χ1n) is 28.5. The maximum Gasteiger partial charge on any atom is 0.509 e. The number of ether oxygens (including phenoxy) is 10. The van der Waals surface area contributed by atoms with Crippen molar-refractivity contribution in [2.24, 2.45) is 23.7 Å². The van der Waals surface area contributed by atoms with Crippen LogP contribution in [-0.4, -0.2) is 194 Å². The van der Waals surface area contributed by atoms with Gasteiger partial charge in [0.05, 0.1) is 58.7 Å². The Labute approximate surface area is 469 Å². The van der Waals surface area contributed by atoms with Crippen LogP contribution >= 0.6 is 0 Å². The molecule has 22 heteroatoms. The zero-order chi connectivity index (χ0) is 58.9. The van der Waals surface area contributed by atoms with Crippen molar-refractivity contribution >= 4 is 40.5 Å². The number of anilines is 1. The van der Waals surface area contributed by atoms with E-state index in [0.717, 1.165) is 18.9 Å². The Morgan fingerprint density at radius 2 is 1.57 bits per heavy atom. The molecular weight excluding hydrogens is 1040 g/mol. The SMILES string of the molecule is CC[C@H]1OC(=O)[C@H](C)[C@@H](O[C@H]2C[C@@](C)(OC)[C@@H](OCCCN(C)CCNc3cc4c(cc3F)c(=O)c(C(=O)O)cn4C3CC3)[C@H](C)O2)[C@H](C)[C@@H](O[C@H]2O[C@@H](C)C[C@@H](N(C)C)[C@@H]2O)[C@](C)(OC)C[C@@H](C)C(=O)[C@H](C)[C@H]2OC(=O)O[C@@]21C. The summed E-state index contributed by atoms with van der Waals surface area (Å²) in [7, 11) is 8.83. The molecular formula is C58H89FN4O17. The molecule has 1 saturated carbocycles. The summed E-state index contributed by atoms with van der Waals surface area (Å²) in [6.07, 6.45) is -5.05. The topological polar surface area (TPSA) is 242 Å². The van der Waals surface area contributed by atoms with E-state index in [9.17, 15) is 34.2 Å². The monoisotopic (exact) mass is 1130 g/mol. The summed E-state index contributed by atoms with van der Waals surface area (Å²) in [6, 6.07) is 2.43. The number of aromatic nitrogens is 1. The molecule has 1 aromatic heterocycles. The predicted octanol–water partition coefficient (Wildman–Crippen LogP) is 6.57. The highest BCUT2D eigenvalue weighted by Crippen LogP contribution is 2.45. The number of carboxylic acids is 1. The fraction of sp³-hybridized carbons (Fsp3) is 0.776. The van der Waals surface area contributed by atoms with Crippen molar-refractivity contribution < 1.29 is 81.2 Å². The first-order chi connectivity index (χ1) is 37.6. The lowest BCUT2D eigenvalue weighted by atomic mass is 9.74. The summed E-state index contributed by atoms with van der Waals surface area (Å²) in [6.45, 7) is 19.9. The van der Waals surface area contributed by atoms with Crippen molar-refractivity contribution in [2.45, 2.75) is 204 Å². The maximum absolute atomic E-state index is 15.4. The van der Waals surface area contributed by atoms with Gasteiger partial charge in [-0.3, -0.25) is 14.4 Å². The van der Waals surface area contributed by atoms with Gasteiger partial charge in [-0.05, 0) is 113 Å². The number of carbonyl (C=O) groups excluding carboxylic acids is 3. The second-order valence-electron chi connectivity index (χ2n) is 24.1. The Hall–Kier alpha value is -4.36. The molecule has 5 heterocycles. The number of aliphatic hydroxyl groups is 1. The van der Waals surface area contributed by atoms with E-state index in [4.69, 9.17) is 47.4 Å². The number of pyridine rings is 1. The molecule has 4 aliphatic heterocycles. The Kier molecular flexibility index (Phi) is 20.3. The quantitative estimate of drug-likeness (QED) is 0.0995. The lowest BCUT2D eigenvalue weighted by Gasteiger charge is -2.50. The van der Waals surface area contributed by atoms with Gasteiger partial charge in [-0.25, -0.2) is 14.0 Å². The first kappa shape index (κ1) is 63.2. The molecule has 80 heavy (non-hydrogen) atoms. The molecule has 0 amide bonds. The van der Waals surface area contributed by atoms with Crippen LogP contribution in [0.1, 0.15) is 131 Å². The van der Waals surface area contributed by atoms with Gasteiger partial charge < -0.3 is 77.3 Å². The zero-order valence-corrected chi connectivity index (χ0v) is 49.5. The van der Waals surface area contributed by atoms with Gasteiger partial charge in [0.15, 0.2) is 24.3 Å². The number of ketones is 1. The molecule has 4 saturated heterocycles. The van der Waals surface area contributed by atoms with Gasteiger partial charge in [0.25, 0.3) is 0 Å². The second-order valence-corrected chi connectivity index (χ2v) is 24.1. The highest BCUT2D eigenvalue weighted by atomic mass is 19.1. The number of hydrogen-bond acceptors (Lipinski definition) is 19. The largest absolute Gasteiger partial charge is 0.509 e. The highest BCUT2D eigenvalue weighted by molar-refractivity contribution is 5.93. The van der Waals surface area contributed by atoms with Gasteiger partial charge in [0, 0.05) is 82.4 Å². The molecule has 0 unspecified atom stereocenters. The van der Waals surface area contributed by atoms with E-state index in [1.54, 1.807) is 52.4 Å². The molecule has 1 aliphatic carbocycles. The molecule has 18 atom stereocenters. The van der Waals surface area contributed by atoms with Crippen LogP contribution in [0.5, 0.6) is 0 Å². The number of aliphatic hydroxyl groups excluding tert-OH is 1. The van der Waals surface area contributed by atoms with E-state index in [1.807, 2.05) is 60.7 Å². The summed E-state index contributed by atoms with van der Waals surface area (Å²) in [4.78, 5) is 71.1. The molecule has 0 radical (unpaired) electrons. The number of carbonyl (C=O) groups is 4. The van der Waals surface area contributed by atoms with Gasteiger partial charge in [-0.15, -0.1) is 0 Å². The first-order valence-corrected chi connectivity index (χ1v) is 28.5. The third-order valence-electron chi connectivity index (χ3n) is 17.8. The van der Waals surface area contributed by atoms with E-state index >= 15 is 4.39 Å². The molecule has 5 fully saturated rings. The lowest BCUT2D eigenvalue weighted by Crippen LogP contribution is -2.61. The number of methoxy groups -OCH3 is 2. The van der Waals surface area contributed by atoms with E-state index in [1.165, 1.54) is 13.3 Å². The van der Waals surface area contributed by atoms with Crippen LogP contribution in [0.3, 0.4) is 0 Å². The van der Waals surface area contributed by atoms with Crippen molar-refractivity contribution in [1.29, 1.82) is 0 Å². The number of nitrogens with one attached hydrogen (secondary N) is 1. The Morgan fingerprint density at radius 3 is 2.20 bits per heavy atom. The predicted molar refractivity (Wildman–Crippen MR) is 292 cm³/mol. The second kappa shape index (κ2) is 25.6. The summed E-state index contributed by atoms with van der Waals surface area (Å²) in [5, 5.41) is 24.7. The van der Waals surface area contributed by atoms with Crippen molar-refractivity contribution in [3.63, 3.8) is 0 Å². The van der Waals surface area contributed by atoms with E-state index in [-0.39, 0.29) is 59.9 Å². The minimum atomic E-state index is -1.51. The van der Waals surface area contributed by atoms with E-state index in [0.29, 0.717) is 44.6 Å². The van der Waals surface area contributed by atoms with Crippen molar-refractivity contribution in [1.82, 2.24) is 14.4 Å². The minimum Gasteiger partial charge on any atom is -0.477 e. The summed E-state index contributed by atoms with van der Waals surface area (Å²) in [5.74, 6) is -6.24. The number of rotatable bonds is 19. The van der Waals surface area contributed by atoms with Crippen LogP contribution in [0, 0.1) is 29.5 Å². The van der Waals surface area contributed by atoms with Crippen LogP contribution in [0.2, 0.25) is 0 Å². The van der Waals surface area contributed by atoms with Gasteiger partial charge in [-0.2, -0.15) is 0 Å². The third-order valence-corrected chi connectivity index (χ3v) is 17.8. The van der Waals surface area contributed by atoms with Crippen LogP contribution in [0.15, 0.2) is 23.1 Å². The third kappa shape index (κ3) is 13.3. The maximum atomic E-state index is 15.4. The number of esters is 1. The molecule has 450 valence electrons. The number of aromatic carboxylic acids is 1. The Morgan fingerprint density at radius 1 is 0.900 bits per heavy atom. The molecule has 21 nitrogen and oxygen atoms in total. The Balaban J connectivity index is 1.07. The molecule has 7 rings (SSSR count). The number of benzene rings is 1. The smallest absolute Gasteiger partial charge is 0.477 e. The standard InChI is InChI=1S/C58H89FN4O17/c1-16-43-58(10)50(79-55(70)80-58)32(4)45(64)30(2)27-56(8,71-14)49(78-54-47(66)42(61(11)12)24-31(3)74-54)33(5)48(34(6)53(69)76-43)77-44-28-57(9,72-15)51(35(7)75-44)73-23-17-21-62(13)22-20-60-40-26-41-37(25-39(40)59)46(65)38(52(67)68)29-63(41)36-18-19-36/h25-26,29-36,42-44,47-51,54,60,66H,16-24,27-28H2,1-15H3,(H,67,68)/t30-,31+,32+,33+,34-,35+,42-,43-,44+,47+,48+,49-,50-,51+,54-,56-,57-,58-/m1/s1. The fourth-order valence-corrected chi connectivity index (χ4v) is 12.9. The van der Waals surface area contributed by atoms with Gasteiger partial charge in [0.1, 0.15) is 35.5 Å². The summed E-state index contributed by atoms with van der Waals surface area (Å²) in [5.41, 5.74) is -4.16. The van der Waals surface area contributed by atoms with Crippen LogP contribution < -0.4 is 10.7 Å². The molecule has 0 bridgehead atoms. The summed E-state index contributed by atoms with van der Waals surface area (Å²) >= 11 is 0. The normalized spacial score (nSPS) is 37.5. The minimum absolute atomic E-state index is 0.0325. The lowest BCUT2D eigenvalue weighted by molar-refractivity contribution is -0.322. The number of cyclic esters (lactones) is 1.